The summed E-state index contributed by atoms with van der Waals surface area (Å²) in [4.78, 5) is 4.37. The van der Waals surface area contributed by atoms with Crippen LogP contribution in [-0.2, 0) is 9.47 Å². The molecule has 0 spiro atoms. The fourth-order valence-electron chi connectivity index (χ4n) is 1.84. The van der Waals surface area contributed by atoms with Crippen LogP contribution in [-0.4, -0.2) is 30.0 Å². The summed E-state index contributed by atoms with van der Waals surface area (Å²) in [7, 11) is 0. The van der Waals surface area contributed by atoms with Crippen molar-refractivity contribution < 1.29 is 14.0 Å². The van der Waals surface area contributed by atoms with Crippen LogP contribution in [0.5, 0.6) is 0 Å². The number of nitrogens with zero attached hydrogens (tertiary/aromatic N) is 2. The third kappa shape index (κ3) is 2.59. The fourth-order valence-corrected chi connectivity index (χ4v) is 1.84. The van der Waals surface area contributed by atoms with Crippen LogP contribution in [0.3, 0.4) is 0 Å². The lowest BCUT2D eigenvalue weighted by Gasteiger charge is -2.18. The minimum absolute atomic E-state index is 0.105. The maximum atomic E-state index is 5.41. The Morgan fingerprint density at radius 1 is 1.56 bits per heavy atom. The Bertz CT molecular complexity index is 321. The molecule has 0 saturated carbocycles. The standard InChI is InChI=1S/C11H18N2O3/c1-3-15-8(2)10-12-11(16-13-10)9-5-4-6-14-7-9/h8-9H,3-7H2,1-2H3/t8-,9+/m0/s1. The first kappa shape index (κ1) is 11.5. The molecule has 0 radical (unpaired) electrons. The molecule has 90 valence electrons. The van der Waals surface area contributed by atoms with Crippen LogP contribution in [0.4, 0.5) is 0 Å². The van der Waals surface area contributed by atoms with Gasteiger partial charge in [0.15, 0.2) is 5.82 Å². The molecule has 1 saturated heterocycles. The van der Waals surface area contributed by atoms with Crippen LogP contribution < -0.4 is 0 Å². The van der Waals surface area contributed by atoms with Gasteiger partial charge in [0.25, 0.3) is 0 Å². The van der Waals surface area contributed by atoms with E-state index in [0.29, 0.717) is 24.9 Å². The van der Waals surface area contributed by atoms with Crippen molar-refractivity contribution >= 4 is 0 Å². The molecule has 2 heterocycles. The zero-order valence-electron chi connectivity index (χ0n) is 9.81. The van der Waals surface area contributed by atoms with E-state index in [1.54, 1.807) is 0 Å². The van der Waals surface area contributed by atoms with Gasteiger partial charge in [0.2, 0.25) is 5.89 Å². The smallest absolute Gasteiger partial charge is 0.232 e. The third-order valence-electron chi connectivity index (χ3n) is 2.75. The number of ether oxygens (including phenoxy) is 2. The van der Waals surface area contributed by atoms with Crippen molar-refractivity contribution in [2.45, 2.75) is 38.7 Å². The third-order valence-corrected chi connectivity index (χ3v) is 2.75. The first-order chi connectivity index (χ1) is 7.81. The fraction of sp³-hybridized carbons (Fsp3) is 0.818. The number of aromatic nitrogens is 2. The molecule has 16 heavy (non-hydrogen) atoms. The van der Waals surface area contributed by atoms with Gasteiger partial charge in [0.1, 0.15) is 6.10 Å². The van der Waals surface area contributed by atoms with Crippen LogP contribution >= 0.6 is 0 Å². The number of hydrogen-bond donors (Lipinski definition) is 0. The summed E-state index contributed by atoms with van der Waals surface area (Å²) in [6, 6.07) is 0. The van der Waals surface area contributed by atoms with Crippen LogP contribution in [0, 0.1) is 0 Å². The van der Waals surface area contributed by atoms with Gasteiger partial charge in [-0.05, 0) is 26.7 Å². The van der Waals surface area contributed by atoms with Gasteiger partial charge < -0.3 is 14.0 Å². The maximum Gasteiger partial charge on any atom is 0.232 e. The minimum Gasteiger partial charge on any atom is -0.381 e. The van der Waals surface area contributed by atoms with Crippen molar-refractivity contribution in [1.29, 1.82) is 0 Å². The predicted molar refractivity (Wildman–Crippen MR) is 57.1 cm³/mol. The highest BCUT2D eigenvalue weighted by atomic mass is 16.5. The van der Waals surface area contributed by atoms with Gasteiger partial charge in [-0.1, -0.05) is 5.16 Å². The average Bonchev–Trinajstić information content (AvgIpc) is 2.80. The number of rotatable bonds is 4. The maximum absolute atomic E-state index is 5.41. The predicted octanol–water partition coefficient (Wildman–Crippen LogP) is 2.06. The molecule has 5 nitrogen and oxygen atoms in total. The zero-order chi connectivity index (χ0) is 11.4. The average molecular weight is 226 g/mol. The second-order valence-corrected chi connectivity index (χ2v) is 4.00. The van der Waals surface area contributed by atoms with E-state index in [1.807, 2.05) is 13.8 Å². The summed E-state index contributed by atoms with van der Waals surface area (Å²) in [6.45, 7) is 6.05. The molecule has 2 atom stereocenters. The van der Waals surface area contributed by atoms with E-state index in [1.165, 1.54) is 0 Å². The SMILES string of the molecule is CCO[C@@H](C)c1noc([C@@H]2CCCOC2)n1. The summed E-state index contributed by atoms with van der Waals surface area (Å²) in [6.07, 6.45) is 2.01. The van der Waals surface area contributed by atoms with Gasteiger partial charge in [-0.15, -0.1) is 0 Å². The Labute approximate surface area is 95.1 Å². The lowest BCUT2D eigenvalue weighted by Crippen LogP contribution is -2.15. The molecule has 0 bridgehead atoms. The van der Waals surface area contributed by atoms with Gasteiger partial charge in [-0.2, -0.15) is 4.98 Å². The second kappa shape index (κ2) is 5.41. The lowest BCUT2D eigenvalue weighted by atomic mass is 10.0. The Kier molecular flexibility index (Phi) is 3.90. The van der Waals surface area contributed by atoms with Crippen molar-refractivity contribution in [3.05, 3.63) is 11.7 Å². The molecule has 1 aliphatic heterocycles. The zero-order valence-corrected chi connectivity index (χ0v) is 9.81. The summed E-state index contributed by atoms with van der Waals surface area (Å²) in [5, 5.41) is 3.94. The molecule has 0 amide bonds. The summed E-state index contributed by atoms with van der Waals surface area (Å²) in [5.41, 5.74) is 0. The normalized spacial score (nSPS) is 23.2. The van der Waals surface area contributed by atoms with Crippen molar-refractivity contribution in [2.24, 2.45) is 0 Å². The molecule has 0 aliphatic carbocycles. The van der Waals surface area contributed by atoms with Crippen LogP contribution in [0.1, 0.15) is 50.4 Å². The molecule has 0 N–H and O–H groups in total. The first-order valence-electron chi connectivity index (χ1n) is 5.84. The van der Waals surface area contributed by atoms with Crippen molar-refractivity contribution in [1.82, 2.24) is 10.1 Å². The van der Waals surface area contributed by atoms with E-state index in [-0.39, 0.29) is 12.0 Å². The molecule has 5 heteroatoms. The molecule has 1 aliphatic rings. The topological polar surface area (TPSA) is 57.4 Å². The minimum atomic E-state index is -0.105. The van der Waals surface area contributed by atoms with Crippen molar-refractivity contribution in [3.8, 4) is 0 Å². The quantitative estimate of drug-likeness (QED) is 0.786. The van der Waals surface area contributed by atoms with Gasteiger partial charge in [-0.3, -0.25) is 0 Å². The molecule has 1 aromatic rings. The highest BCUT2D eigenvalue weighted by Crippen LogP contribution is 2.25. The van der Waals surface area contributed by atoms with Crippen molar-refractivity contribution in [3.63, 3.8) is 0 Å². The molecule has 0 aromatic carbocycles. The highest BCUT2D eigenvalue weighted by Gasteiger charge is 2.23. The van der Waals surface area contributed by atoms with Crippen molar-refractivity contribution in [2.75, 3.05) is 19.8 Å². The van der Waals surface area contributed by atoms with Gasteiger partial charge in [0.05, 0.1) is 12.5 Å². The lowest BCUT2D eigenvalue weighted by molar-refractivity contribution is 0.0679. The molecule has 0 unspecified atom stereocenters. The molecular weight excluding hydrogens is 208 g/mol. The van der Waals surface area contributed by atoms with E-state index in [4.69, 9.17) is 14.0 Å². The van der Waals surface area contributed by atoms with Gasteiger partial charge in [-0.25, -0.2) is 0 Å². The van der Waals surface area contributed by atoms with E-state index < -0.39 is 0 Å². The van der Waals surface area contributed by atoms with Gasteiger partial charge in [0, 0.05) is 13.2 Å². The van der Waals surface area contributed by atoms with E-state index in [2.05, 4.69) is 10.1 Å². The van der Waals surface area contributed by atoms with E-state index >= 15 is 0 Å². The Hall–Kier alpha value is -0.940. The summed E-state index contributed by atoms with van der Waals surface area (Å²) in [5.74, 6) is 1.56. The Morgan fingerprint density at radius 2 is 2.44 bits per heavy atom. The summed E-state index contributed by atoms with van der Waals surface area (Å²) >= 11 is 0. The van der Waals surface area contributed by atoms with E-state index in [9.17, 15) is 0 Å². The summed E-state index contributed by atoms with van der Waals surface area (Å²) < 4.78 is 16.1. The Morgan fingerprint density at radius 3 is 3.12 bits per heavy atom. The Balaban J connectivity index is 2.00. The first-order valence-corrected chi connectivity index (χ1v) is 5.84. The second-order valence-electron chi connectivity index (χ2n) is 4.00. The highest BCUT2D eigenvalue weighted by molar-refractivity contribution is 4.97. The number of hydrogen-bond acceptors (Lipinski definition) is 5. The van der Waals surface area contributed by atoms with Crippen LogP contribution in [0.2, 0.25) is 0 Å². The molecule has 1 aromatic heterocycles. The molecule has 1 fully saturated rings. The van der Waals surface area contributed by atoms with Gasteiger partial charge >= 0.3 is 0 Å². The van der Waals surface area contributed by atoms with Crippen LogP contribution in [0.25, 0.3) is 0 Å². The monoisotopic (exact) mass is 226 g/mol. The van der Waals surface area contributed by atoms with Crippen LogP contribution in [0.15, 0.2) is 4.52 Å². The largest absolute Gasteiger partial charge is 0.381 e. The molecular formula is C11H18N2O3. The van der Waals surface area contributed by atoms with E-state index in [0.717, 1.165) is 19.4 Å². The molecule has 2 rings (SSSR count).